The van der Waals surface area contributed by atoms with Crippen LogP contribution >= 0.6 is 24.0 Å². The highest BCUT2D eigenvalue weighted by Gasteiger charge is 2.13. The molecule has 0 aliphatic heterocycles. The third kappa shape index (κ3) is 6.36. The van der Waals surface area contributed by atoms with Crippen molar-refractivity contribution in [1.29, 1.82) is 0 Å². The highest BCUT2D eigenvalue weighted by atomic mass is 127. The van der Waals surface area contributed by atoms with Gasteiger partial charge in [0.1, 0.15) is 17.1 Å². The second-order valence-corrected chi connectivity index (χ2v) is 5.89. The number of benzene rings is 2. The largest absolute Gasteiger partial charge is 0.496 e. The molecule has 28 heavy (non-hydrogen) atoms. The molecule has 2 N–H and O–H groups in total. The maximum Gasteiger partial charge on any atom is 0.341 e. The molecule has 0 aromatic heterocycles. The Hall–Kier alpha value is -2.36. The summed E-state index contributed by atoms with van der Waals surface area (Å²) in [6.07, 6.45) is 0. The molecule has 0 saturated heterocycles. The van der Waals surface area contributed by atoms with Gasteiger partial charge < -0.3 is 20.1 Å². The van der Waals surface area contributed by atoms with Crippen LogP contribution < -0.4 is 15.4 Å². The summed E-state index contributed by atoms with van der Waals surface area (Å²) in [6, 6.07) is 10.4. The van der Waals surface area contributed by atoms with Gasteiger partial charge in [0.05, 0.1) is 14.2 Å². The number of ether oxygens (including phenoxy) is 2. The standard InChI is InChI=1S/C20H24FN3O3.HI/c1-13-5-6-15(10-17(13)21)12-24-20(22-2)23-11-14-7-8-18(26-3)16(9-14)19(25)27-4;/h5-10H,11-12H2,1-4H3,(H2,22,23,24);1H. The quantitative estimate of drug-likeness (QED) is 0.275. The summed E-state index contributed by atoms with van der Waals surface area (Å²) in [6.45, 7) is 2.60. The molecule has 8 heteroatoms. The van der Waals surface area contributed by atoms with E-state index in [0.29, 0.717) is 35.9 Å². The second kappa shape index (κ2) is 11.5. The Morgan fingerprint density at radius 3 is 2.21 bits per heavy atom. The van der Waals surface area contributed by atoms with Crippen molar-refractivity contribution in [3.63, 3.8) is 0 Å². The number of esters is 1. The van der Waals surface area contributed by atoms with Crippen molar-refractivity contribution in [3.05, 3.63) is 64.5 Å². The number of carbonyl (C=O) groups excluding carboxylic acids is 1. The maximum atomic E-state index is 13.6. The Morgan fingerprint density at radius 2 is 1.68 bits per heavy atom. The Balaban J connectivity index is 0.00000392. The highest BCUT2D eigenvalue weighted by molar-refractivity contribution is 14.0. The van der Waals surface area contributed by atoms with Crippen molar-refractivity contribution in [1.82, 2.24) is 10.6 Å². The molecule has 0 unspecified atom stereocenters. The van der Waals surface area contributed by atoms with Gasteiger partial charge in [-0.1, -0.05) is 18.2 Å². The first kappa shape index (κ1) is 23.7. The van der Waals surface area contributed by atoms with Crippen molar-refractivity contribution in [2.45, 2.75) is 20.0 Å². The van der Waals surface area contributed by atoms with E-state index in [-0.39, 0.29) is 29.8 Å². The number of carbonyl (C=O) groups is 1. The van der Waals surface area contributed by atoms with Crippen LogP contribution in [0.3, 0.4) is 0 Å². The number of guanidine groups is 1. The van der Waals surface area contributed by atoms with Crippen molar-refractivity contribution >= 4 is 35.9 Å². The molecule has 0 atom stereocenters. The average Bonchev–Trinajstić information content (AvgIpc) is 2.69. The van der Waals surface area contributed by atoms with Crippen molar-refractivity contribution in [2.24, 2.45) is 4.99 Å². The molecule has 0 amide bonds. The number of nitrogens with zero attached hydrogens (tertiary/aromatic N) is 1. The van der Waals surface area contributed by atoms with E-state index >= 15 is 0 Å². The number of methoxy groups -OCH3 is 2. The number of halogens is 2. The van der Waals surface area contributed by atoms with Crippen LogP contribution in [-0.2, 0) is 17.8 Å². The lowest BCUT2D eigenvalue weighted by molar-refractivity contribution is 0.0597. The van der Waals surface area contributed by atoms with Crippen LogP contribution in [0.15, 0.2) is 41.4 Å². The van der Waals surface area contributed by atoms with E-state index in [1.807, 2.05) is 12.1 Å². The van der Waals surface area contributed by atoms with E-state index in [1.54, 1.807) is 32.2 Å². The van der Waals surface area contributed by atoms with Crippen LogP contribution in [0, 0.1) is 12.7 Å². The first-order chi connectivity index (χ1) is 13.0. The monoisotopic (exact) mass is 501 g/mol. The molecular formula is C20H25FIN3O3. The van der Waals surface area contributed by atoms with Gasteiger partial charge >= 0.3 is 5.97 Å². The van der Waals surface area contributed by atoms with Crippen LogP contribution in [0.1, 0.15) is 27.0 Å². The molecule has 0 aliphatic carbocycles. The predicted molar refractivity (Wildman–Crippen MR) is 118 cm³/mol. The van der Waals surface area contributed by atoms with E-state index in [1.165, 1.54) is 20.3 Å². The lowest BCUT2D eigenvalue weighted by atomic mass is 10.1. The maximum absolute atomic E-state index is 13.6. The minimum Gasteiger partial charge on any atom is -0.496 e. The number of nitrogens with one attached hydrogen (secondary N) is 2. The molecule has 0 fully saturated rings. The van der Waals surface area contributed by atoms with Crippen LogP contribution in [0.2, 0.25) is 0 Å². The van der Waals surface area contributed by atoms with Gasteiger partial charge in [0.15, 0.2) is 5.96 Å². The molecular weight excluding hydrogens is 476 g/mol. The predicted octanol–water partition coefficient (Wildman–Crippen LogP) is 3.41. The summed E-state index contributed by atoms with van der Waals surface area (Å²) in [5, 5.41) is 6.29. The molecule has 0 spiro atoms. The topological polar surface area (TPSA) is 72.0 Å². The zero-order chi connectivity index (χ0) is 19.8. The molecule has 0 heterocycles. The van der Waals surface area contributed by atoms with Crippen molar-refractivity contribution < 1.29 is 18.7 Å². The molecule has 0 radical (unpaired) electrons. The summed E-state index contributed by atoms with van der Waals surface area (Å²) in [7, 11) is 4.48. The Morgan fingerprint density at radius 1 is 1.07 bits per heavy atom. The Kier molecular flexibility index (Phi) is 9.70. The van der Waals surface area contributed by atoms with Gasteiger partial charge in [0.2, 0.25) is 0 Å². The van der Waals surface area contributed by atoms with Crippen LogP contribution in [0.5, 0.6) is 5.75 Å². The Bertz CT molecular complexity index is 843. The Labute approximate surface area is 181 Å². The lowest BCUT2D eigenvalue weighted by Crippen LogP contribution is -2.36. The molecule has 2 aromatic carbocycles. The van der Waals surface area contributed by atoms with E-state index in [2.05, 4.69) is 15.6 Å². The summed E-state index contributed by atoms with van der Waals surface area (Å²) in [5.74, 6) is 0.323. The third-order valence-electron chi connectivity index (χ3n) is 4.05. The lowest BCUT2D eigenvalue weighted by Gasteiger charge is -2.14. The third-order valence-corrected chi connectivity index (χ3v) is 4.05. The number of hydrogen-bond acceptors (Lipinski definition) is 4. The van der Waals surface area contributed by atoms with Gasteiger partial charge in [-0.05, 0) is 41.8 Å². The number of hydrogen-bond donors (Lipinski definition) is 2. The average molecular weight is 501 g/mol. The van der Waals surface area contributed by atoms with Crippen LogP contribution in [0.25, 0.3) is 0 Å². The second-order valence-electron chi connectivity index (χ2n) is 5.89. The normalized spacial score (nSPS) is 10.7. The fraction of sp³-hybridized carbons (Fsp3) is 0.300. The zero-order valence-corrected chi connectivity index (χ0v) is 18.7. The summed E-state index contributed by atoms with van der Waals surface area (Å²) < 4.78 is 23.6. The fourth-order valence-corrected chi connectivity index (χ4v) is 2.47. The molecule has 0 aliphatic rings. The molecule has 0 saturated carbocycles. The van der Waals surface area contributed by atoms with Gasteiger partial charge in [-0.3, -0.25) is 4.99 Å². The van der Waals surface area contributed by atoms with Gasteiger partial charge in [0.25, 0.3) is 0 Å². The first-order valence-corrected chi connectivity index (χ1v) is 8.43. The van der Waals surface area contributed by atoms with Gasteiger partial charge in [0, 0.05) is 20.1 Å². The number of aryl methyl sites for hydroxylation is 1. The minimum absolute atomic E-state index is 0. The zero-order valence-electron chi connectivity index (χ0n) is 16.3. The summed E-state index contributed by atoms with van der Waals surface area (Å²) in [4.78, 5) is 16.0. The van der Waals surface area contributed by atoms with E-state index in [9.17, 15) is 9.18 Å². The summed E-state index contributed by atoms with van der Waals surface area (Å²) >= 11 is 0. The minimum atomic E-state index is -0.461. The van der Waals surface area contributed by atoms with E-state index < -0.39 is 5.97 Å². The summed E-state index contributed by atoms with van der Waals surface area (Å²) in [5.41, 5.74) is 2.65. The first-order valence-electron chi connectivity index (χ1n) is 8.43. The van der Waals surface area contributed by atoms with Crippen molar-refractivity contribution in [2.75, 3.05) is 21.3 Å². The number of aliphatic imine (C=N–C) groups is 1. The molecule has 6 nitrogen and oxygen atoms in total. The molecule has 2 aromatic rings. The van der Waals surface area contributed by atoms with Crippen molar-refractivity contribution in [3.8, 4) is 5.75 Å². The van der Waals surface area contributed by atoms with E-state index in [4.69, 9.17) is 9.47 Å². The highest BCUT2D eigenvalue weighted by Crippen LogP contribution is 2.20. The molecule has 2 rings (SSSR count). The van der Waals surface area contributed by atoms with Crippen LogP contribution in [0.4, 0.5) is 4.39 Å². The fourth-order valence-electron chi connectivity index (χ4n) is 2.47. The van der Waals surface area contributed by atoms with Crippen LogP contribution in [-0.4, -0.2) is 33.2 Å². The van der Waals surface area contributed by atoms with Gasteiger partial charge in [-0.15, -0.1) is 24.0 Å². The van der Waals surface area contributed by atoms with E-state index in [0.717, 1.165) is 11.1 Å². The molecule has 152 valence electrons. The number of rotatable bonds is 6. The van der Waals surface area contributed by atoms with Gasteiger partial charge in [-0.25, -0.2) is 9.18 Å². The smallest absolute Gasteiger partial charge is 0.341 e. The van der Waals surface area contributed by atoms with Gasteiger partial charge in [-0.2, -0.15) is 0 Å². The SMILES string of the molecule is CN=C(NCc1ccc(C)c(F)c1)NCc1ccc(OC)c(C(=O)OC)c1.I. The molecule has 0 bridgehead atoms.